The third-order valence-corrected chi connectivity index (χ3v) is 6.19. The lowest BCUT2D eigenvalue weighted by Gasteiger charge is -2.31. The van der Waals surface area contributed by atoms with Crippen molar-refractivity contribution in [2.45, 2.75) is 39.0 Å². The molecule has 0 unspecified atom stereocenters. The Morgan fingerprint density at radius 3 is 2.65 bits per heavy atom. The van der Waals surface area contributed by atoms with Crippen LogP contribution in [0.3, 0.4) is 0 Å². The van der Waals surface area contributed by atoms with Crippen LogP contribution in [0.2, 0.25) is 0 Å². The van der Waals surface area contributed by atoms with Gasteiger partial charge in [-0.15, -0.1) is 0 Å². The van der Waals surface area contributed by atoms with Crippen molar-refractivity contribution in [1.82, 2.24) is 14.5 Å². The van der Waals surface area contributed by atoms with Crippen LogP contribution >= 0.6 is 0 Å². The van der Waals surface area contributed by atoms with Crippen molar-refractivity contribution in [3.05, 3.63) is 94.0 Å². The van der Waals surface area contributed by atoms with E-state index in [4.69, 9.17) is 4.74 Å². The first kappa shape index (κ1) is 19.6. The summed E-state index contributed by atoms with van der Waals surface area (Å²) in [6.45, 7) is 5.78. The standard InChI is InChI=1S/C26H27N3O2/c1-26(2)15-22-21-10-9-19(13-23(21)28(3)24(22)16-27-26)29-12-11-20(14-25(29)30)31-17-18-7-5-4-6-8-18/h4-14,27H,15-17H2,1-3H3. The molecule has 0 saturated carbocycles. The summed E-state index contributed by atoms with van der Waals surface area (Å²) in [7, 11) is 2.11. The molecule has 4 aromatic rings. The van der Waals surface area contributed by atoms with Crippen LogP contribution in [0.5, 0.6) is 5.75 Å². The summed E-state index contributed by atoms with van der Waals surface area (Å²) >= 11 is 0. The summed E-state index contributed by atoms with van der Waals surface area (Å²) in [5.41, 5.74) is 5.80. The predicted octanol–water partition coefficient (Wildman–Crippen LogP) is 4.33. The van der Waals surface area contributed by atoms with E-state index >= 15 is 0 Å². The molecule has 0 amide bonds. The molecule has 5 rings (SSSR count). The zero-order valence-electron chi connectivity index (χ0n) is 18.2. The number of aromatic nitrogens is 2. The maximum absolute atomic E-state index is 12.8. The van der Waals surface area contributed by atoms with Crippen LogP contribution in [0.25, 0.3) is 16.6 Å². The van der Waals surface area contributed by atoms with Crippen LogP contribution < -0.4 is 15.6 Å². The Balaban J connectivity index is 1.45. The molecule has 0 fully saturated rings. The van der Waals surface area contributed by atoms with E-state index in [-0.39, 0.29) is 11.1 Å². The van der Waals surface area contributed by atoms with E-state index in [1.54, 1.807) is 16.8 Å². The molecular weight excluding hydrogens is 386 g/mol. The highest BCUT2D eigenvalue weighted by molar-refractivity contribution is 5.87. The first-order valence-electron chi connectivity index (χ1n) is 10.7. The Hall–Kier alpha value is -3.31. The summed E-state index contributed by atoms with van der Waals surface area (Å²) in [4.78, 5) is 12.8. The number of nitrogens with zero attached hydrogens (tertiary/aromatic N) is 2. The van der Waals surface area contributed by atoms with E-state index in [0.29, 0.717) is 12.4 Å². The largest absolute Gasteiger partial charge is 0.489 e. The van der Waals surface area contributed by atoms with Crippen LogP contribution in [0.15, 0.2) is 71.7 Å². The molecule has 158 valence electrons. The van der Waals surface area contributed by atoms with Crippen molar-refractivity contribution in [1.29, 1.82) is 0 Å². The fraction of sp³-hybridized carbons (Fsp3) is 0.269. The quantitative estimate of drug-likeness (QED) is 0.542. The predicted molar refractivity (Wildman–Crippen MR) is 124 cm³/mol. The van der Waals surface area contributed by atoms with Crippen molar-refractivity contribution in [2.75, 3.05) is 0 Å². The number of benzene rings is 2. The minimum absolute atomic E-state index is 0.0898. The highest BCUT2D eigenvalue weighted by Gasteiger charge is 2.28. The molecule has 0 spiro atoms. The summed E-state index contributed by atoms with van der Waals surface area (Å²) in [6.07, 6.45) is 2.78. The molecule has 5 heteroatoms. The average Bonchev–Trinajstić information content (AvgIpc) is 3.03. The first-order chi connectivity index (χ1) is 14.9. The number of rotatable bonds is 4. The number of aryl methyl sites for hydroxylation is 1. The van der Waals surface area contributed by atoms with E-state index in [0.717, 1.165) is 29.7 Å². The van der Waals surface area contributed by atoms with Crippen molar-refractivity contribution in [3.63, 3.8) is 0 Å². The van der Waals surface area contributed by atoms with Crippen molar-refractivity contribution in [3.8, 4) is 11.4 Å². The van der Waals surface area contributed by atoms with E-state index < -0.39 is 0 Å². The molecule has 0 aliphatic carbocycles. The van der Waals surface area contributed by atoms with Crippen molar-refractivity contribution < 1.29 is 4.74 Å². The number of hydrogen-bond donors (Lipinski definition) is 1. The molecule has 2 aromatic carbocycles. The van der Waals surface area contributed by atoms with Gasteiger partial charge in [0, 0.05) is 42.5 Å². The molecule has 5 nitrogen and oxygen atoms in total. The summed E-state index contributed by atoms with van der Waals surface area (Å²) < 4.78 is 9.72. The number of ether oxygens (including phenoxy) is 1. The third kappa shape index (κ3) is 3.66. The van der Waals surface area contributed by atoms with Gasteiger partial charge < -0.3 is 14.6 Å². The molecule has 2 aromatic heterocycles. The highest BCUT2D eigenvalue weighted by Crippen LogP contribution is 2.33. The average molecular weight is 414 g/mol. The Morgan fingerprint density at radius 2 is 1.87 bits per heavy atom. The van der Waals surface area contributed by atoms with Gasteiger partial charge in [0.25, 0.3) is 5.56 Å². The third-order valence-electron chi connectivity index (χ3n) is 6.19. The van der Waals surface area contributed by atoms with Crippen LogP contribution in [-0.2, 0) is 26.6 Å². The molecule has 1 N–H and O–H groups in total. The van der Waals surface area contributed by atoms with Gasteiger partial charge in [0.2, 0.25) is 0 Å². The van der Waals surface area contributed by atoms with Gasteiger partial charge in [-0.2, -0.15) is 0 Å². The van der Waals surface area contributed by atoms with Gasteiger partial charge in [0.1, 0.15) is 12.4 Å². The number of nitrogens with one attached hydrogen (secondary N) is 1. The monoisotopic (exact) mass is 413 g/mol. The summed E-state index contributed by atoms with van der Waals surface area (Å²) in [5, 5.41) is 4.88. The van der Waals surface area contributed by atoms with Crippen molar-refractivity contribution in [2.24, 2.45) is 7.05 Å². The molecule has 31 heavy (non-hydrogen) atoms. The van der Waals surface area contributed by atoms with Gasteiger partial charge in [-0.25, -0.2) is 0 Å². The van der Waals surface area contributed by atoms with Crippen molar-refractivity contribution >= 4 is 10.9 Å². The molecular formula is C26H27N3O2. The molecule has 1 aliphatic rings. The lowest BCUT2D eigenvalue weighted by molar-refractivity contribution is 0.305. The maximum atomic E-state index is 12.8. The molecule has 0 atom stereocenters. The van der Waals surface area contributed by atoms with Gasteiger partial charge in [-0.1, -0.05) is 36.4 Å². The fourth-order valence-corrected chi connectivity index (χ4v) is 4.46. The number of hydrogen-bond acceptors (Lipinski definition) is 3. The van der Waals surface area contributed by atoms with E-state index in [1.165, 1.54) is 16.6 Å². The zero-order chi connectivity index (χ0) is 21.6. The second kappa shape index (κ2) is 7.43. The second-order valence-corrected chi connectivity index (χ2v) is 8.94. The summed E-state index contributed by atoms with van der Waals surface area (Å²) in [5.74, 6) is 0.578. The zero-order valence-corrected chi connectivity index (χ0v) is 18.2. The van der Waals surface area contributed by atoms with Crippen LogP contribution in [0.1, 0.15) is 30.7 Å². The second-order valence-electron chi connectivity index (χ2n) is 8.94. The topological polar surface area (TPSA) is 48.2 Å². The van der Waals surface area contributed by atoms with E-state index in [9.17, 15) is 4.79 Å². The smallest absolute Gasteiger partial charge is 0.258 e. The fourth-order valence-electron chi connectivity index (χ4n) is 4.46. The van der Waals surface area contributed by atoms with E-state index in [1.807, 2.05) is 42.5 Å². The minimum Gasteiger partial charge on any atom is -0.489 e. The lowest BCUT2D eigenvalue weighted by Crippen LogP contribution is -2.44. The molecule has 0 saturated heterocycles. The van der Waals surface area contributed by atoms with Gasteiger partial charge in [0.05, 0.1) is 11.2 Å². The minimum atomic E-state index is -0.105. The molecule has 0 bridgehead atoms. The SMILES string of the molecule is Cn1c2c(c3ccc(-n4ccc(OCc5ccccc5)cc4=O)cc31)CC(C)(C)NC2. The van der Waals surface area contributed by atoms with E-state index in [2.05, 4.69) is 42.9 Å². The van der Waals surface area contributed by atoms with Crippen LogP contribution in [0, 0.1) is 0 Å². The lowest BCUT2D eigenvalue weighted by atomic mass is 9.89. The van der Waals surface area contributed by atoms with Crippen LogP contribution in [-0.4, -0.2) is 14.7 Å². The summed E-state index contributed by atoms with van der Waals surface area (Å²) in [6, 6.07) is 19.6. The van der Waals surface area contributed by atoms with Gasteiger partial charge >= 0.3 is 0 Å². The number of fused-ring (bicyclic) bond motifs is 3. The normalized spacial score (nSPS) is 15.1. The highest BCUT2D eigenvalue weighted by atomic mass is 16.5. The molecule has 0 radical (unpaired) electrons. The Morgan fingerprint density at radius 1 is 1.06 bits per heavy atom. The maximum Gasteiger partial charge on any atom is 0.258 e. The molecule has 3 heterocycles. The van der Waals surface area contributed by atoms with Gasteiger partial charge in [-0.05, 0) is 49.6 Å². The first-order valence-corrected chi connectivity index (χ1v) is 10.7. The number of pyridine rings is 1. The van der Waals surface area contributed by atoms with Crippen LogP contribution in [0.4, 0.5) is 0 Å². The Bertz CT molecular complexity index is 1320. The molecule has 1 aliphatic heterocycles. The van der Waals surface area contributed by atoms with Gasteiger partial charge in [-0.3, -0.25) is 9.36 Å². The Kier molecular flexibility index (Phi) is 4.71. The Labute approximate surface area is 181 Å². The van der Waals surface area contributed by atoms with Gasteiger partial charge in [0.15, 0.2) is 0 Å².